The quantitative estimate of drug-likeness (QED) is 0.708. The number of hydrogen-bond donors (Lipinski definition) is 2. The Morgan fingerprint density at radius 3 is 2.44 bits per heavy atom. The number of nitrogens with zero attached hydrogens (tertiary/aromatic N) is 1. The molecule has 0 saturated carbocycles. The lowest BCUT2D eigenvalue weighted by Crippen LogP contribution is -2.45. The van der Waals surface area contributed by atoms with Crippen molar-refractivity contribution in [2.75, 3.05) is 17.3 Å². The van der Waals surface area contributed by atoms with Crippen molar-refractivity contribution in [3.8, 4) is 0 Å². The Labute approximate surface area is 157 Å². The summed E-state index contributed by atoms with van der Waals surface area (Å²) in [4.78, 5) is 28.4. The third-order valence-corrected chi connectivity index (χ3v) is 4.49. The molecule has 2 amide bonds. The van der Waals surface area contributed by atoms with Crippen molar-refractivity contribution in [1.82, 2.24) is 10.3 Å². The predicted octanol–water partition coefficient (Wildman–Crippen LogP) is 1.75. The Hall–Kier alpha value is -2.94. The van der Waals surface area contributed by atoms with Gasteiger partial charge in [-0.1, -0.05) is 36.4 Å². The number of benzene rings is 1. The Bertz CT molecular complexity index is 857. The van der Waals surface area contributed by atoms with Gasteiger partial charge in [-0.3, -0.25) is 4.79 Å². The molecule has 0 aliphatic carbocycles. The second-order valence-electron chi connectivity index (χ2n) is 5.88. The van der Waals surface area contributed by atoms with Crippen LogP contribution in [0.3, 0.4) is 0 Å². The van der Waals surface area contributed by atoms with E-state index in [9.17, 15) is 18.0 Å². The largest absolute Gasteiger partial charge is 0.445 e. The molecule has 0 spiro atoms. The number of rotatable bonds is 8. The van der Waals surface area contributed by atoms with Crippen molar-refractivity contribution in [3.05, 3.63) is 60.3 Å². The van der Waals surface area contributed by atoms with Gasteiger partial charge in [0.1, 0.15) is 28.3 Å². The fourth-order valence-electron chi connectivity index (χ4n) is 2.16. The standard InChI is InChI=1S/C18H21N3O5S/c1-27(24,25)12-10-15(17(22)21-16-9-5-6-11-19-16)20-18(23)26-13-14-7-3-2-4-8-14/h2-9,11,15H,10,12-13H2,1H3,(H,20,23)(H,19,21,22). The molecular formula is C18H21N3O5S. The van der Waals surface area contributed by atoms with E-state index in [4.69, 9.17) is 4.74 Å². The molecule has 1 aromatic carbocycles. The number of amides is 2. The normalized spacial score (nSPS) is 12.0. The first-order chi connectivity index (χ1) is 12.8. The fraction of sp³-hybridized carbons (Fsp3) is 0.278. The molecule has 1 atom stereocenters. The van der Waals surface area contributed by atoms with E-state index in [0.717, 1.165) is 11.8 Å². The first-order valence-electron chi connectivity index (χ1n) is 8.20. The molecule has 9 heteroatoms. The third kappa shape index (κ3) is 7.87. The molecule has 2 rings (SSSR count). The van der Waals surface area contributed by atoms with E-state index in [2.05, 4.69) is 15.6 Å². The van der Waals surface area contributed by atoms with Crippen LogP contribution in [-0.2, 0) is 26.0 Å². The molecule has 1 heterocycles. The van der Waals surface area contributed by atoms with Crippen LogP contribution >= 0.6 is 0 Å². The highest BCUT2D eigenvalue weighted by molar-refractivity contribution is 7.90. The first-order valence-corrected chi connectivity index (χ1v) is 10.3. The van der Waals surface area contributed by atoms with Gasteiger partial charge in [0.05, 0.1) is 5.75 Å². The lowest BCUT2D eigenvalue weighted by atomic mass is 10.2. The fourth-order valence-corrected chi connectivity index (χ4v) is 2.82. The molecule has 0 fully saturated rings. The van der Waals surface area contributed by atoms with Crippen molar-refractivity contribution >= 4 is 27.7 Å². The second-order valence-corrected chi connectivity index (χ2v) is 8.14. The Morgan fingerprint density at radius 2 is 1.81 bits per heavy atom. The minimum Gasteiger partial charge on any atom is -0.445 e. The summed E-state index contributed by atoms with van der Waals surface area (Å²) in [5, 5.41) is 4.96. The maximum absolute atomic E-state index is 12.4. The number of aromatic nitrogens is 1. The van der Waals surface area contributed by atoms with Gasteiger partial charge in [-0.15, -0.1) is 0 Å². The SMILES string of the molecule is CS(=O)(=O)CCC(NC(=O)OCc1ccccc1)C(=O)Nc1ccccn1. The summed E-state index contributed by atoms with van der Waals surface area (Å²) < 4.78 is 27.9. The maximum atomic E-state index is 12.4. The number of alkyl carbamates (subject to hydrolysis) is 1. The molecule has 0 aliphatic rings. The van der Waals surface area contributed by atoms with Crippen molar-refractivity contribution in [2.45, 2.75) is 19.1 Å². The lowest BCUT2D eigenvalue weighted by molar-refractivity contribution is -0.118. The number of hydrogen-bond acceptors (Lipinski definition) is 6. The van der Waals surface area contributed by atoms with Gasteiger partial charge in [-0.25, -0.2) is 18.2 Å². The zero-order chi connectivity index (χ0) is 19.7. The van der Waals surface area contributed by atoms with Crippen LogP contribution in [0.25, 0.3) is 0 Å². The number of nitrogens with one attached hydrogen (secondary N) is 2. The predicted molar refractivity (Wildman–Crippen MR) is 101 cm³/mol. The van der Waals surface area contributed by atoms with Gasteiger partial charge in [0.25, 0.3) is 0 Å². The average molecular weight is 391 g/mol. The van der Waals surface area contributed by atoms with Crippen LogP contribution in [0.1, 0.15) is 12.0 Å². The number of ether oxygens (including phenoxy) is 1. The Kier molecular flexibility index (Phi) is 7.30. The van der Waals surface area contributed by atoms with Gasteiger partial charge in [0.2, 0.25) is 5.91 Å². The van der Waals surface area contributed by atoms with E-state index in [-0.39, 0.29) is 18.8 Å². The molecule has 27 heavy (non-hydrogen) atoms. The first kappa shape index (κ1) is 20.4. The van der Waals surface area contributed by atoms with Crippen LogP contribution in [0, 0.1) is 0 Å². The highest BCUT2D eigenvalue weighted by Crippen LogP contribution is 2.06. The van der Waals surface area contributed by atoms with Crippen molar-refractivity contribution < 1.29 is 22.7 Å². The minimum absolute atomic E-state index is 0.0350. The van der Waals surface area contributed by atoms with Gasteiger partial charge in [-0.05, 0) is 24.1 Å². The zero-order valence-electron chi connectivity index (χ0n) is 14.8. The van der Waals surface area contributed by atoms with Crippen LogP contribution in [-0.4, -0.2) is 43.5 Å². The van der Waals surface area contributed by atoms with Crippen LogP contribution < -0.4 is 10.6 Å². The van der Waals surface area contributed by atoms with E-state index >= 15 is 0 Å². The van der Waals surface area contributed by atoms with E-state index in [1.54, 1.807) is 30.3 Å². The minimum atomic E-state index is -3.30. The van der Waals surface area contributed by atoms with Gasteiger partial charge in [0.15, 0.2) is 0 Å². The number of sulfone groups is 1. The molecule has 0 radical (unpaired) electrons. The molecular weight excluding hydrogens is 370 g/mol. The molecule has 2 N–H and O–H groups in total. The monoisotopic (exact) mass is 391 g/mol. The highest BCUT2D eigenvalue weighted by atomic mass is 32.2. The van der Waals surface area contributed by atoms with Gasteiger partial charge >= 0.3 is 6.09 Å². The summed E-state index contributed by atoms with van der Waals surface area (Å²) in [6, 6.07) is 12.9. The second kappa shape index (κ2) is 9.67. The summed E-state index contributed by atoms with van der Waals surface area (Å²) in [7, 11) is -3.30. The number of anilines is 1. The average Bonchev–Trinajstić information content (AvgIpc) is 2.64. The van der Waals surface area contributed by atoms with Crippen molar-refractivity contribution in [3.63, 3.8) is 0 Å². The smallest absolute Gasteiger partial charge is 0.408 e. The van der Waals surface area contributed by atoms with Gasteiger partial charge < -0.3 is 15.4 Å². The van der Waals surface area contributed by atoms with E-state index in [1.807, 2.05) is 18.2 Å². The molecule has 1 unspecified atom stereocenters. The van der Waals surface area contributed by atoms with Gasteiger partial charge in [0, 0.05) is 12.5 Å². The van der Waals surface area contributed by atoms with E-state index in [0.29, 0.717) is 5.82 Å². The third-order valence-electron chi connectivity index (χ3n) is 3.51. The molecule has 1 aromatic heterocycles. The summed E-state index contributed by atoms with van der Waals surface area (Å²) in [5.74, 6) is -0.535. The van der Waals surface area contributed by atoms with Crippen LogP contribution in [0.2, 0.25) is 0 Å². The summed E-state index contributed by atoms with van der Waals surface area (Å²) in [5.41, 5.74) is 0.790. The van der Waals surface area contributed by atoms with E-state index < -0.39 is 27.9 Å². The Balaban J connectivity index is 1.97. The molecule has 0 saturated heterocycles. The van der Waals surface area contributed by atoms with E-state index in [1.165, 1.54) is 6.20 Å². The Morgan fingerprint density at radius 1 is 1.11 bits per heavy atom. The maximum Gasteiger partial charge on any atom is 0.408 e. The number of carbonyl (C=O) groups is 2. The number of carbonyl (C=O) groups excluding carboxylic acids is 2. The zero-order valence-corrected chi connectivity index (χ0v) is 15.6. The summed E-state index contributed by atoms with van der Waals surface area (Å²) in [6.07, 6.45) is 1.67. The molecule has 2 aromatic rings. The van der Waals surface area contributed by atoms with Crippen LogP contribution in [0.15, 0.2) is 54.7 Å². The summed E-state index contributed by atoms with van der Waals surface area (Å²) >= 11 is 0. The van der Waals surface area contributed by atoms with Crippen LogP contribution in [0.4, 0.5) is 10.6 Å². The van der Waals surface area contributed by atoms with Crippen molar-refractivity contribution in [1.29, 1.82) is 0 Å². The molecule has 0 aliphatic heterocycles. The number of pyridine rings is 1. The summed E-state index contributed by atoms with van der Waals surface area (Å²) in [6.45, 7) is 0.0350. The lowest BCUT2D eigenvalue weighted by Gasteiger charge is -2.17. The molecule has 144 valence electrons. The topological polar surface area (TPSA) is 114 Å². The molecule has 8 nitrogen and oxygen atoms in total. The van der Waals surface area contributed by atoms with Gasteiger partial charge in [-0.2, -0.15) is 0 Å². The highest BCUT2D eigenvalue weighted by Gasteiger charge is 2.23. The van der Waals surface area contributed by atoms with Crippen LogP contribution in [0.5, 0.6) is 0 Å². The van der Waals surface area contributed by atoms with Crippen molar-refractivity contribution in [2.24, 2.45) is 0 Å². The molecule has 0 bridgehead atoms.